The predicted molar refractivity (Wildman–Crippen MR) is 72.1 cm³/mol. The number of oxazole rings is 1. The van der Waals surface area contributed by atoms with Crippen LogP contribution >= 0.6 is 0 Å². The Kier molecular flexibility index (Phi) is 2.52. The Labute approximate surface area is 116 Å². The van der Waals surface area contributed by atoms with Crippen LogP contribution in [0.15, 0.2) is 34.9 Å². The summed E-state index contributed by atoms with van der Waals surface area (Å²) in [4.78, 5) is 18.6. The summed E-state index contributed by atoms with van der Waals surface area (Å²) in [5, 5.41) is 0. The lowest BCUT2D eigenvalue weighted by Gasteiger charge is -2.28. The average molecular weight is 270 g/mol. The van der Waals surface area contributed by atoms with E-state index in [0.29, 0.717) is 30.7 Å². The lowest BCUT2D eigenvalue weighted by molar-refractivity contribution is 0.0971. The Morgan fingerprint density at radius 3 is 3.00 bits per heavy atom. The van der Waals surface area contributed by atoms with E-state index in [1.807, 2.05) is 24.3 Å². The summed E-state index contributed by atoms with van der Waals surface area (Å²) in [6.45, 7) is 1.03. The first-order chi connectivity index (χ1) is 9.83. The van der Waals surface area contributed by atoms with Crippen molar-refractivity contribution in [1.82, 2.24) is 4.98 Å². The fourth-order valence-electron chi connectivity index (χ4n) is 2.42. The van der Waals surface area contributed by atoms with E-state index in [2.05, 4.69) is 4.98 Å². The quantitative estimate of drug-likeness (QED) is 0.841. The number of rotatable bonds is 2. The zero-order valence-corrected chi connectivity index (χ0v) is 10.9. The van der Waals surface area contributed by atoms with Crippen LogP contribution in [-0.2, 0) is 0 Å². The molecule has 1 amide bonds. The molecule has 1 saturated carbocycles. The number of para-hydroxylation sites is 2. The molecule has 2 heterocycles. The number of carbonyl (C=O) groups excluding carboxylic acids is 1. The van der Waals surface area contributed by atoms with E-state index in [1.165, 1.54) is 6.26 Å². The van der Waals surface area contributed by atoms with Crippen LogP contribution in [0.2, 0.25) is 0 Å². The van der Waals surface area contributed by atoms with Crippen molar-refractivity contribution in [2.45, 2.75) is 18.8 Å². The molecule has 0 atom stereocenters. The van der Waals surface area contributed by atoms with Crippen LogP contribution in [-0.4, -0.2) is 24.0 Å². The first kappa shape index (κ1) is 11.5. The SMILES string of the molecule is O=C(c1coc(C2CC2)n1)N1CCOc2ccccc21. The number of hydrogen-bond acceptors (Lipinski definition) is 4. The molecule has 2 aliphatic rings. The number of carbonyl (C=O) groups is 1. The standard InChI is InChI=1S/C15H14N2O3/c18-15(11-9-20-14(16-11)10-5-6-10)17-7-8-19-13-4-2-1-3-12(13)17/h1-4,9-10H,5-8H2. The number of benzene rings is 1. The molecule has 0 N–H and O–H groups in total. The van der Waals surface area contributed by atoms with Crippen molar-refractivity contribution in [2.24, 2.45) is 0 Å². The van der Waals surface area contributed by atoms with Crippen LogP contribution in [0, 0.1) is 0 Å². The van der Waals surface area contributed by atoms with Crippen molar-refractivity contribution in [3.05, 3.63) is 42.1 Å². The second kappa shape index (κ2) is 4.37. The molecule has 1 fully saturated rings. The summed E-state index contributed by atoms with van der Waals surface area (Å²) < 4.78 is 11.0. The highest BCUT2D eigenvalue weighted by molar-refractivity contribution is 6.05. The first-order valence-electron chi connectivity index (χ1n) is 6.82. The van der Waals surface area contributed by atoms with Crippen molar-refractivity contribution in [2.75, 3.05) is 18.1 Å². The van der Waals surface area contributed by atoms with E-state index < -0.39 is 0 Å². The highest BCUT2D eigenvalue weighted by atomic mass is 16.5. The second-order valence-electron chi connectivity index (χ2n) is 5.12. The minimum Gasteiger partial charge on any atom is -0.490 e. The summed E-state index contributed by atoms with van der Waals surface area (Å²) in [6, 6.07) is 7.54. The average Bonchev–Trinajstić information content (AvgIpc) is 3.23. The predicted octanol–water partition coefficient (Wildman–Crippen LogP) is 2.59. The molecule has 1 aliphatic carbocycles. The summed E-state index contributed by atoms with van der Waals surface area (Å²) >= 11 is 0. The molecule has 20 heavy (non-hydrogen) atoms. The summed E-state index contributed by atoms with van der Waals surface area (Å²) in [5.74, 6) is 1.71. The van der Waals surface area contributed by atoms with E-state index in [1.54, 1.807) is 4.90 Å². The topological polar surface area (TPSA) is 55.6 Å². The Balaban J connectivity index is 1.65. The van der Waals surface area contributed by atoms with E-state index in [-0.39, 0.29) is 5.91 Å². The fraction of sp³-hybridized carbons (Fsp3) is 0.333. The smallest absolute Gasteiger partial charge is 0.280 e. The van der Waals surface area contributed by atoms with Gasteiger partial charge in [0.05, 0.1) is 12.2 Å². The molecule has 0 spiro atoms. The number of hydrogen-bond donors (Lipinski definition) is 0. The van der Waals surface area contributed by atoms with Gasteiger partial charge in [-0.3, -0.25) is 9.69 Å². The summed E-state index contributed by atoms with van der Waals surface area (Å²) in [6.07, 6.45) is 3.68. The fourth-order valence-corrected chi connectivity index (χ4v) is 2.42. The number of ether oxygens (including phenoxy) is 1. The molecule has 102 valence electrons. The van der Waals surface area contributed by atoms with Crippen LogP contribution in [0.1, 0.15) is 35.1 Å². The van der Waals surface area contributed by atoms with Crippen molar-refractivity contribution in [1.29, 1.82) is 0 Å². The van der Waals surface area contributed by atoms with Crippen LogP contribution in [0.5, 0.6) is 5.75 Å². The minimum atomic E-state index is -0.128. The number of fused-ring (bicyclic) bond motifs is 1. The molecule has 0 bridgehead atoms. The molecule has 1 aromatic heterocycles. The molecule has 0 saturated heterocycles. The highest BCUT2D eigenvalue weighted by Gasteiger charge is 2.31. The molecule has 0 unspecified atom stereocenters. The molecule has 1 aliphatic heterocycles. The maximum atomic E-state index is 12.6. The molecule has 0 radical (unpaired) electrons. The van der Waals surface area contributed by atoms with Gasteiger partial charge in [-0.05, 0) is 25.0 Å². The van der Waals surface area contributed by atoms with Crippen LogP contribution in [0.25, 0.3) is 0 Å². The Hall–Kier alpha value is -2.30. The largest absolute Gasteiger partial charge is 0.490 e. The number of amides is 1. The van der Waals surface area contributed by atoms with Crippen molar-refractivity contribution in [3.63, 3.8) is 0 Å². The van der Waals surface area contributed by atoms with Crippen molar-refractivity contribution < 1.29 is 13.9 Å². The van der Waals surface area contributed by atoms with E-state index >= 15 is 0 Å². The first-order valence-corrected chi connectivity index (χ1v) is 6.82. The van der Waals surface area contributed by atoms with Crippen LogP contribution in [0.4, 0.5) is 5.69 Å². The van der Waals surface area contributed by atoms with E-state index in [0.717, 1.165) is 24.3 Å². The Bertz CT molecular complexity index is 661. The van der Waals surface area contributed by atoms with Gasteiger partial charge in [0.2, 0.25) is 0 Å². The van der Waals surface area contributed by atoms with E-state index in [4.69, 9.17) is 9.15 Å². The van der Waals surface area contributed by atoms with Crippen LogP contribution in [0.3, 0.4) is 0 Å². The zero-order valence-electron chi connectivity index (χ0n) is 10.9. The molecule has 5 heteroatoms. The van der Waals surface area contributed by atoms with Gasteiger partial charge in [-0.15, -0.1) is 0 Å². The zero-order chi connectivity index (χ0) is 13.5. The number of anilines is 1. The number of nitrogens with zero attached hydrogens (tertiary/aromatic N) is 2. The molecular weight excluding hydrogens is 256 g/mol. The van der Waals surface area contributed by atoms with Crippen LogP contribution < -0.4 is 9.64 Å². The van der Waals surface area contributed by atoms with Crippen molar-refractivity contribution >= 4 is 11.6 Å². The molecular formula is C15H14N2O3. The maximum Gasteiger partial charge on any atom is 0.280 e. The number of aromatic nitrogens is 1. The third-order valence-electron chi connectivity index (χ3n) is 3.64. The normalized spacial score (nSPS) is 17.5. The molecule has 2 aromatic rings. The van der Waals surface area contributed by atoms with Gasteiger partial charge in [0, 0.05) is 5.92 Å². The van der Waals surface area contributed by atoms with Gasteiger partial charge in [0.1, 0.15) is 18.6 Å². The van der Waals surface area contributed by atoms with Gasteiger partial charge in [0.15, 0.2) is 11.6 Å². The Morgan fingerprint density at radius 2 is 2.15 bits per heavy atom. The third-order valence-corrected chi connectivity index (χ3v) is 3.64. The summed E-state index contributed by atoms with van der Waals surface area (Å²) in [5.41, 5.74) is 1.17. The van der Waals surface area contributed by atoms with Gasteiger partial charge >= 0.3 is 0 Å². The third kappa shape index (κ3) is 1.86. The molecule has 1 aromatic carbocycles. The second-order valence-corrected chi connectivity index (χ2v) is 5.12. The monoisotopic (exact) mass is 270 g/mol. The van der Waals surface area contributed by atoms with E-state index in [9.17, 15) is 4.79 Å². The van der Waals surface area contributed by atoms with Crippen molar-refractivity contribution in [3.8, 4) is 5.75 Å². The molecule has 4 rings (SSSR count). The highest BCUT2D eigenvalue weighted by Crippen LogP contribution is 2.39. The van der Waals surface area contributed by atoms with Gasteiger partial charge < -0.3 is 9.15 Å². The minimum absolute atomic E-state index is 0.128. The lowest BCUT2D eigenvalue weighted by atomic mass is 10.2. The summed E-state index contributed by atoms with van der Waals surface area (Å²) in [7, 11) is 0. The Morgan fingerprint density at radius 1 is 1.30 bits per heavy atom. The van der Waals surface area contributed by atoms with Gasteiger partial charge in [0.25, 0.3) is 5.91 Å². The van der Waals surface area contributed by atoms with Gasteiger partial charge in [-0.25, -0.2) is 4.98 Å². The van der Waals surface area contributed by atoms with Gasteiger partial charge in [-0.1, -0.05) is 12.1 Å². The maximum absolute atomic E-state index is 12.6. The molecule has 5 nitrogen and oxygen atoms in total. The lowest BCUT2D eigenvalue weighted by Crippen LogP contribution is -2.38. The van der Waals surface area contributed by atoms with Gasteiger partial charge in [-0.2, -0.15) is 0 Å².